The van der Waals surface area contributed by atoms with Crippen molar-refractivity contribution in [3.05, 3.63) is 41.5 Å². The second kappa shape index (κ2) is 8.23. The van der Waals surface area contributed by atoms with E-state index >= 15 is 0 Å². The Balaban J connectivity index is 2.57. The Morgan fingerprint density at radius 1 is 1.12 bits per heavy atom. The van der Waals surface area contributed by atoms with Crippen molar-refractivity contribution in [2.24, 2.45) is 0 Å². The van der Waals surface area contributed by atoms with Gasteiger partial charge in [-0.15, -0.1) is 0 Å². The Labute approximate surface area is 106 Å². The number of hydrogen-bond acceptors (Lipinski definition) is 2. The van der Waals surface area contributed by atoms with E-state index in [0.29, 0.717) is 0 Å². The molecule has 0 aliphatic carbocycles. The third-order valence-corrected chi connectivity index (χ3v) is 4.79. The largest absolute Gasteiger partial charge is 0.397 e. The van der Waals surface area contributed by atoms with Gasteiger partial charge < -0.3 is 8.85 Å². The molecule has 0 aliphatic rings. The lowest BCUT2D eigenvalue weighted by Gasteiger charge is -2.14. The summed E-state index contributed by atoms with van der Waals surface area (Å²) in [6.07, 6.45) is 2.21. The summed E-state index contributed by atoms with van der Waals surface area (Å²) in [5.74, 6) is 0. The first-order chi connectivity index (χ1) is 8.26. The van der Waals surface area contributed by atoms with Gasteiger partial charge in [-0.25, -0.2) is 0 Å². The lowest BCUT2D eigenvalue weighted by Crippen LogP contribution is -2.22. The Bertz CT molecular complexity index is 329. The van der Waals surface area contributed by atoms with Gasteiger partial charge in [-0.1, -0.05) is 42.0 Å². The van der Waals surface area contributed by atoms with Gasteiger partial charge in [0.05, 0.1) is 0 Å². The second-order valence-corrected chi connectivity index (χ2v) is 5.88. The molecule has 0 heterocycles. The highest BCUT2D eigenvalue weighted by atomic mass is 28.3. The van der Waals surface area contributed by atoms with Crippen molar-refractivity contribution in [3.63, 3.8) is 0 Å². The molecule has 0 aliphatic heterocycles. The minimum absolute atomic E-state index is 0.746. The maximum atomic E-state index is 5.67. The molecule has 94 valence electrons. The Morgan fingerprint density at radius 3 is 2.24 bits per heavy atom. The molecule has 0 atom stereocenters. The SMILES string of the molecule is CCO[SiH](CC(C)=Cc1ccccc1)OCC. The average Bonchev–Trinajstić information content (AvgIpc) is 2.30. The number of benzene rings is 1. The molecule has 2 nitrogen and oxygen atoms in total. The quantitative estimate of drug-likeness (QED) is 0.691. The fraction of sp³-hybridized carbons (Fsp3) is 0.429. The summed E-state index contributed by atoms with van der Waals surface area (Å²) in [6, 6.07) is 11.3. The zero-order valence-electron chi connectivity index (χ0n) is 11.0. The molecule has 0 fully saturated rings. The van der Waals surface area contributed by atoms with E-state index in [2.05, 4.69) is 37.3 Å². The smallest absolute Gasteiger partial charge is 0.325 e. The molecule has 3 heteroatoms. The molecule has 0 saturated heterocycles. The van der Waals surface area contributed by atoms with Gasteiger partial charge in [0, 0.05) is 19.3 Å². The minimum Gasteiger partial charge on any atom is -0.397 e. The van der Waals surface area contributed by atoms with E-state index < -0.39 is 9.28 Å². The molecular weight excluding hydrogens is 228 g/mol. The number of hydrogen-bond donors (Lipinski definition) is 0. The molecule has 0 N–H and O–H groups in total. The monoisotopic (exact) mass is 250 g/mol. The zero-order chi connectivity index (χ0) is 12.5. The highest BCUT2D eigenvalue weighted by Crippen LogP contribution is 2.13. The molecule has 0 saturated carbocycles. The normalized spacial score (nSPS) is 12.1. The second-order valence-electron chi connectivity index (χ2n) is 3.95. The van der Waals surface area contributed by atoms with Crippen molar-refractivity contribution < 1.29 is 8.85 Å². The maximum absolute atomic E-state index is 5.67. The first-order valence-electron chi connectivity index (χ1n) is 6.21. The van der Waals surface area contributed by atoms with Gasteiger partial charge in [-0.2, -0.15) is 0 Å². The molecule has 0 spiro atoms. The van der Waals surface area contributed by atoms with Crippen LogP contribution in [0.25, 0.3) is 6.08 Å². The van der Waals surface area contributed by atoms with E-state index in [4.69, 9.17) is 8.85 Å². The highest BCUT2D eigenvalue weighted by molar-refractivity contribution is 6.45. The molecule has 1 aromatic carbocycles. The third-order valence-electron chi connectivity index (χ3n) is 2.41. The summed E-state index contributed by atoms with van der Waals surface area (Å²) in [5, 5.41) is 0. The van der Waals surface area contributed by atoms with Crippen LogP contribution < -0.4 is 0 Å². The van der Waals surface area contributed by atoms with Crippen LogP contribution >= 0.6 is 0 Å². The average molecular weight is 250 g/mol. The van der Waals surface area contributed by atoms with Crippen LogP contribution in [0.15, 0.2) is 35.9 Å². The summed E-state index contributed by atoms with van der Waals surface area (Å²) in [7, 11) is -1.50. The Morgan fingerprint density at radius 2 is 1.71 bits per heavy atom. The van der Waals surface area contributed by atoms with Crippen molar-refractivity contribution >= 4 is 15.4 Å². The third kappa shape index (κ3) is 5.82. The molecule has 1 rings (SSSR count). The lowest BCUT2D eigenvalue weighted by molar-refractivity contribution is 0.215. The first kappa shape index (κ1) is 14.2. The van der Waals surface area contributed by atoms with Crippen molar-refractivity contribution in [2.45, 2.75) is 26.8 Å². The molecule has 0 radical (unpaired) electrons. The van der Waals surface area contributed by atoms with Crippen molar-refractivity contribution in [1.82, 2.24) is 0 Å². The van der Waals surface area contributed by atoms with Crippen LogP contribution in [0.5, 0.6) is 0 Å². The molecule has 0 aromatic heterocycles. The predicted molar refractivity (Wildman–Crippen MR) is 75.3 cm³/mol. The van der Waals surface area contributed by atoms with Crippen LogP contribution in [0.4, 0.5) is 0 Å². The van der Waals surface area contributed by atoms with Gasteiger partial charge in [0.15, 0.2) is 0 Å². The van der Waals surface area contributed by atoms with Crippen LogP contribution in [0, 0.1) is 0 Å². The van der Waals surface area contributed by atoms with E-state index in [1.54, 1.807) is 0 Å². The fourth-order valence-electron chi connectivity index (χ4n) is 1.69. The van der Waals surface area contributed by atoms with Crippen LogP contribution in [-0.4, -0.2) is 22.5 Å². The van der Waals surface area contributed by atoms with Gasteiger partial charge in [-0.3, -0.25) is 0 Å². The summed E-state index contributed by atoms with van der Waals surface area (Å²) in [4.78, 5) is 0. The van der Waals surface area contributed by atoms with Gasteiger partial charge in [0.25, 0.3) is 0 Å². The molecule has 17 heavy (non-hydrogen) atoms. The van der Waals surface area contributed by atoms with E-state index in [9.17, 15) is 0 Å². The lowest BCUT2D eigenvalue weighted by atomic mass is 10.1. The van der Waals surface area contributed by atoms with Crippen molar-refractivity contribution in [3.8, 4) is 0 Å². The first-order valence-corrected chi connectivity index (χ1v) is 7.97. The van der Waals surface area contributed by atoms with Crippen LogP contribution in [-0.2, 0) is 8.85 Å². The van der Waals surface area contributed by atoms with E-state index in [1.165, 1.54) is 11.1 Å². The topological polar surface area (TPSA) is 18.5 Å². The summed E-state index contributed by atoms with van der Waals surface area (Å²) in [6.45, 7) is 7.68. The minimum atomic E-state index is -1.50. The predicted octanol–water partition coefficient (Wildman–Crippen LogP) is 3.38. The van der Waals surface area contributed by atoms with Gasteiger partial charge in [-0.05, 0) is 26.3 Å². The molecular formula is C14H22O2Si. The van der Waals surface area contributed by atoms with E-state index in [0.717, 1.165) is 19.3 Å². The van der Waals surface area contributed by atoms with Gasteiger partial charge >= 0.3 is 9.28 Å². The van der Waals surface area contributed by atoms with Crippen LogP contribution in [0.2, 0.25) is 6.04 Å². The van der Waals surface area contributed by atoms with E-state index in [1.807, 2.05) is 19.9 Å². The zero-order valence-corrected chi connectivity index (χ0v) is 12.1. The van der Waals surface area contributed by atoms with Crippen LogP contribution in [0.1, 0.15) is 26.3 Å². The number of rotatable bonds is 7. The summed E-state index contributed by atoms with van der Waals surface area (Å²) < 4.78 is 11.3. The van der Waals surface area contributed by atoms with Crippen LogP contribution in [0.3, 0.4) is 0 Å². The molecule has 1 aromatic rings. The summed E-state index contributed by atoms with van der Waals surface area (Å²) in [5.41, 5.74) is 2.57. The number of allylic oxidation sites excluding steroid dienone is 1. The van der Waals surface area contributed by atoms with Gasteiger partial charge in [0.1, 0.15) is 0 Å². The van der Waals surface area contributed by atoms with Gasteiger partial charge in [0.2, 0.25) is 0 Å². The van der Waals surface area contributed by atoms with E-state index in [-0.39, 0.29) is 0 Å². The molecule has 0 unspecified atom stereocenters. The Hall–Kier alpha value is -0.903. The highest BCUT2D eigenvalue weighted by Gasteiger charge is 2.12. The van der Waals surface area contributed by atoms with Crippen molar-refractivity contribution in [2.75, 3.05) is 13.2 Å². The maximum Gasteiger partial charge on any atom is 0.325 e. The van der Waals surface area contributed by atoms with Crippen molar-refractivity contribution in [1.29, 1.82) is 0 Å². The Kier molecular flexibility index (Phi) is 6.85. The fourth-order valence-corrected chi connectivity index (χ4v) is 3.41. The summed E-state index contributed by atoms with van der Waals surface area (Å²) >= 11 is 0. The molecule has 0 amide bonds. The molecule has 0 bridgehead atoms. The standard InChI is InChI=1S/C14H22O2Si/c1-4-15-17(16-5-2)12-13(3)11-14-9-7-6-8-10-14/h6-11,17H,4-5,12H2,1-3H3.